The highest BCUT2D eigenvalue weighted by Crippen LogP contribution is 2.45. The van der Waals surface area contributed by atoms with E-state index in [4.69, 9.17) is 9.57 Å². The van der Waals surface area contributed by atoms with E-state index >= 15 is 0 Å². The molecule has 0 radical (unpaired) electrons. The number of benzene rings is 1. The highest BCUT2D eigenvalue weighted by Gasteiger charge is 2.59. The van der Waals surface area contributed by atoms with Crippen LogP contribution in [0, 0.1) is 5.92 Å². The molecule has 186 valence electrons. The van der Waals surface area contributed by atoms with Crippen LogP contribution in [0.1, 0.15) is 61.3 Å². The summed E-state index contributed by atoms with van der Waals surface area (Å²) in [6.07, 6.45) is 0.495. The third-order valence-corrected chi connectivity index (χ3v) is 6.48. The number of Topliss-reactive ketones (excluding diaryl/α,β-unsaturated/α-hetero) is 1. The number of hydroxylamine groups is 2. The second-order valence-corrected chi connectivity index (χ2v) is 10.1. The maximum atomic E-state index is 13.3. The molecule has 1 saturated heterocycles. The molecule has 0 bridgehead atoms. The lowest BCUT2D eigenvalue weighted by atomic mass is 10.1. The largest absolute Gasteiger partial charge is 0.444 e. The number of ether oxygens (including phenoxy) is 1. The summed E-state index contributed by atoms with van der Waals surface area (Å²) in [6.45, 7) is 10.1. The van der Waals surface area contributed by atoms with Gasteiger partial charge in [-0.3, -0.25) is 28.9 Å². The topological polar surface area (TPSA) is 122 Å². The van der Waals surface area contributed by atoms with Gasteiger partial charge >= 0.3 is 6.09 Å². The van der Waals surface area contributed by atoms with Crippen molar-refractivity contribution in [3.8, 4) is 0 Å². The smallest absolute Gasteiger partial charge is 0.411 e. The van der Waals surface area contributed by atoms with Crippen LogP contribution in [0.2, 0.25) is 0 Å². The number of hydrogen-bond acceptors (Lipinski definition) is 7. The van der Waals surface area contributed by atoms with E-state index < -0.39 is 47.1 Å². The molecular weight excluding hydrogens is 454 g/mol. The molecule has 1 N–H and O–H groups in total. The van der Waals surface area contributed by atoms with Gasteiger partial charge in [-0.05, 0) is 46.2 Å². The fourth-order valence-electron chi connectivity index (χ4n) is 4.57. The monoisotopic (exact) mass is 483 g/mol. The van der Waals surface area contributed by atoms with Crippen molar-refractivity contribution in [3.63, 3.8) is 0 Å². The van der Waals surface area contributed by atoms with Crippen molar-refractivity contribution in [1.82, 2.24) is 15.3 Å². The van der Waals surface area contributed by atoms with Crippen LogP contribution in [0.3, 0.4) is 0 Å². The SMILES string of the molecule is C=C[C@@H]1C[C@]1(NC(=O)[C@@H]1C[C@@H](ON2C(=O)c3ccccc3C2=O)CN1C(=O)OC(C)(C)C)C(C)=O. The molecule has 1 aliphatic carbocycles. The first-order chi connectivity index (χ1) is 16.4. The average Bonchev–Trinajstić information content (AvgIpc) is 3.25. The summed E-state index contributed by atoms with van der Waals surface area (Å²) in [7, 11) is 0. The summed E-state index contributed by atoms with van der Waals surface area (Å²) in [5.41, 5.74) is -1.41. The lowest BCUT2D eigenvalue weighted by molar-refractivity contribution is -0.132. The number of carbonyl (C=O) groups is 5. The normalized spacial score (nSPS) is 27.5. The first-order valence-electron chi connectivity index (χ1n) is 11.5. The fraction of sp³-hybridized carbons (Fsp3) is 0.480. The summed E-state index contributed by atoms with van der Waals surface area (Å²) in [4.78, 5) is 70.8. The predicted molar refractivity (Wildman–Crippen MR) is 123 cm³/mol. The number of carbonyl (C=O) groups excluding carboxylic acids is 5. The van der Waals surface area contributed by atoms with Gasteiger partial charge in [0, 0.05) is 12.3 Å². The number of likely N-dealkylation sites (tertiary alicyclic amines) is 1. The predicted octanol–water partition coefficient (Wildman–Crippen LogP) is 2.24. The highest BCUT2D eigenvalue weighted by atomic mass is 16.7. The Morgan fingerprint density at radius 1 is 1.14 bits per heavy atom. The summed E-state index contributed by atoms with van der Waals surface area (Å²) in [5, 5.41) is 3.47. The molecule has 1 aromatic rings. The molecule has 4 atom stereocenters. The van der Waals surface area contributed by atoms with Gasteiger partial charge in [-0.1, -0.05) is 18.2 Å². The number of imide groups is 1. The van der Waals surface area contributed by atoms with Crippen molar-refractivity contribution < 1.29 is 33.5 Å². The van der Waals surface area contributed by atoms with Crippen LogP contribution in [-0.2, 0) is 19.2 Å². The van der Waals surface area contributed by atoms with Crippen molar-refractivity contribution in [3.05, 3.63) is 48.0 Å². The molecule has 2 aliphatic heterocycles. The number of hydrogen-bond donors (Lipinski definition) is 1. The second kappa shape index (κ2) is 8.60. The van der Waals surface area contributed by atoms with E-state index in [-0.39, 0.29) is 35.8 Å². The first-order valence-corrected chi connectivity index (χ1v) is 11.5. The zero-order chi connectivity index (χ0) is 25.7. The molecule has 3 aliphatic rings. The fourth-order valence-corrected chi connectivity index (χ4v) is 4.57. The van der Waals surface area contributed by atoms with Gasteiger partial charge in [0.05, 0.1) is 17.7 Å². The third kappa shape index (κ3) is 4.45. The molecule has 0 unspecified atom stereocenters. The van der Waals surface area contributed by atoms with Gasteiger partial charge in [0.2, 0.25) is 5.91 Å². The number of fused-ring (bicyclic) bond motifs is 1. The minimum atomic E-state index is -1.04. The molecule has 10 nitrogen and oxygen atoms in total. The van der Waals surface area contributed by atoms with Gasteiger partial charge in [0.25, 0.3) is 11.8 Å². The lowest BCUT2D eigenvalue weighted by Gasteiger charge is -2.29. The molecule has 35 heavy (non-hydrogen) atoms. The van der Waals surface area contributed by atoms with Gasteiger partial charge in [0.15, 0.2) is 5.78 Å². The zero-order valence-electron chi connectivity index (χ0n) is 20.2. The van der Waals surface area contributed by atoms with Crippen LogP contribution in [-0.4, -0.2) is 69.4 Å². The van der Waals surface area contributed by atoms with E-state index in [1.807, 2.05) is 0 Å². The molecule has 4 amide bonds. The standard InChI is InChI=1S/C25H29N3O7/c1-6-15-12-25(15,14(2)29)26-20(30)19-11-16(13-27(19)23(33)34-24(3,4)5)35-28-21(31)17-9-7-8-10-18(17)22(28)32/h6-10,15-16,19H,1,11-13H2,2-5H3,(H,26,30)/t15-,16-,19+,25+/m1/s1. The van der Waals surface area contributed by atoms with Gasteiger partial charge < -0.3 is 10.1 Å². The van der Waals surface area contributed by atoms with E-state index in [9.17, 15) is 24.0 Å². The van der Waals surface area contributed by atoms with Crippen LogP contribution < -0.4 is 5.32 Å². The Balaban J connectivity index is 1.53. The van der Waals surface area contributed by atoms with Crippen LogP contribution in [0.5, 0.6) is 0 Å². The molecule has 2 heterocycles. The van der Waals surface area contributed by atoms with Crippen LogP contribution in [0.25, 0.3) is 0 Å². The number of rotatable bonds is 6. The molecule has 2 fully saturated rings. The summed E-state index contributed by atoms with van der Waals surface area (Å²) < 4.78 is 5.47. The van der Waals surface area contributed by atoms with Crippen LogP contribution >= 0.6 is 0 Å². The third-order valence-electron chi connectivity index (χ3n) is 6.48. The maximum Gasteiger partial charge on any atom is 0.411 e. The van der Waals surface area contributed by atoms with Gasteiger partial charge in [-0.25, -0.2) is 4.79 Å². The van der Waals surface area contributed by atoms with E-state index in [2.05, 4.69) is 11.9 Å². The average molecular weight is 484 g/mol. The second-order valence-electron chi connectivity index (χ2n) is 10.1. The van der Waals surface area contributed by atoms with Gasteiger partial charge in [-0.2, -0.15) is 0 Å². The zero-order valence-corrected chi connectivity index (χ0v) is 20.2. The number of ketones is 1. The lowest BCUT2D eigenvalue weighted by Crippen LogP contribution is -2.53. The van der Waals surface area contributed by atoms with Gasteiger partial charge in [0.1, 0.15) is 23.3 Å². The molecule has 0 spiro atoms. The Bertz CT molecular complexity index is 1090. The minimum absolute atomic E-state index is 0.00518. The molecule has 1 saturated carbocycles. The Labute approximate surface area is 203 Å². The summed E-state index contributed by atoms with van der Waals surface area (Å²) >= 11 is 0. The Kier molecular flexibility index (Phi) is 6.04. The Hall–Kier alpha value is -3.53. The van der Waals surface area contributed by atoms with E-state index in [0.29, 0.717) is 11.5 Å². The summed E-state index contributed by atoms with van der Waals surface area (Å²) in [6, 6.07) is 5.33. The van der Waals surface area contributed by atoms with Crippen molar-refractivity contribution in [2.45, 2.75) is 63.8 Å². The summed E-state index contributed by atoms with van der Waals surface area (Å²) in [5.74, 6) is -2.14. The van der Waals surface area contributed by atoms with Crippen molar-refractivity contribution in [2.24, 2.45) is 5.92 Å². The van der Waals surface area contributed by atoms with E-state index in [1.165, 1.54) is 24.0 Å². The maximum absolute atomic E-state index is 13.3. The quantitative estimate of drug-likeness (QED) is 0.486. The van der Waals surface area contributed by atoms with E-state index in [1.54, 1.807) is 39.0 Å². The van der Waals surface area contributed by atoms with Crippen molar-refractivity contribution in [2.75, 3.05) is 6.54 Å². The molecule has 4 rings (SSSR count). The molecular formula is C25H29N3O7. The molecule has 1 aromatic carbocycles. The first kappa shape index (κ1) is 24.6. The van der Waals surface area contributed by atoms with Crippen LogP contribution in [0.4, 0.5) is 4.79 Å². The Morgan fingerprint density at radius 3 is 2.23 bits per heavy atom. The highest BCUT2D eigenvalue weighted by molar-refractivity contribution is 6.20. The van der Waals surface area contributed by atoms with Crippen LogP contribution in [0.15, 0.2) is 36.9 Å². The van der Waals surface area contributed by atoms with Crippen molar-refractivity contribution in [1.29, 1.82) is 0 Å². The number of nitrogens with zero attached hydrogens (tertiary/aromatic N) is 2. The number of amides is 4. The van der Waals surface area contributed by atoms with E-state index in [0.717, 1.165) is 0 Å². The van der Waals surface area contributed by atoms with Crippen molar-refractivity contribution >= 4 is 29.6 Å². The molecule has 0 aromatic heterocycles. The molecule has 10 heteroatoms. The number of nitrogens with one attached hydrogen (secondary N) is 1. The minimum Gasteiger partial charge on any atom is -0.444 e. The van der Waals surface area contributed by atoms with Gasteiger partial charge in [-0.15, -0.1) is 11.6 Å². The Morgan fingerprint density at radius 2 is 1.74 bits per heavy atom.